The van der Waals surface area contributed by atoms with Crippen LogP contribution in [0.15, 0.2) is 27.2 Å². The first-order chi connectivity index (χ1) is 9.78. The largest absolute Gasteiger partial charge is 0.496 e. The Morgan fingerprint density at radius 3 is 3.05 bits per heavy atom. The van der Waals surface area contributed by atoms with Crippen LogP contribution in [-0.2, 0) is 0 Å². The smallest absolute Gasteiger partial charge is 0.231 e. The molecule has 106 valence electrons. The van der Waals surface area contributed by atoms with Crippen LogP contribution in [0.1, 0.15) is 24.7 Å². The van der Waals surface area contributed by atoms with E-state index in [-0.39, 0.29) is 0 Å². The molecular weight excluding hydrogens is 322 g/mol. The van der Waals surface area contributed by atoms with Crippen molar-refractivity contribution in [3.8, 4) is 17.1 Å². The Balaban J connectivity index is 1.84. The molecule has 1 aromatic carbocycles. The Morgan fingerprint density at radius 2 is 2.35 bits per heavy atom. The van der Waals surface area contributed by atoms with E-state index in [0.29, 0.717) is 11.7 Å². The van der Waals surface area contributed by atoms with Gasteiger partial charge in [-0.1, -0.05) is 5.16 Å². The van der Waals surface area contributed by atoms with Crippen molar-refractivity contribution in [3.63, 3.8) is 0 Å². The van der Waals surface area contributed by atoms with Crippen LogP contribution in [0.2, 0.25) is 0 Å². The zero-order valence-corrected chi connectivity index (χ0v) is 12.8. The predicted molar refractivity (Wildman–Crippen MR) is 78.8 cm³/mol. The minimum Gasteiger partial charge on any atom is -0.496 e. The van der Waals surface area contributed by atoms with Gasteiger partial charge in [0, 0.05) is 12.1 Å². The molecule has 1 N–H and O–H groups in total. The number of hydrogen-bond acceptors (Lipinski definition) is 5. The fourth-order valence-electron chi connectivity index (χ4n) is 2.39. The SMILES string of the molecule is COc1ccc(-c2noc([C@@H]3CCCNC3)n2)cc1Br. The first-order valence-electron chi connectivity index (χ1n) is 6.66. The number of nitrogens with zero attached hydrogens (tertiary/aromatic N) is 2. The summed E-state index contributed by atoms with van der Waals surface area (Å²) in [7, 11) is 1.64. The molecule has 0 unspecified atom stereocenters. The van der Waals surface area contributed by atoms with Gasteiger partial charge in [-0.3, -0.25) is 0 Å². The number of methoxy groups -OCH3 is 1. The first-order valence-corrected chi connectivity index (χ1v) is 7.45. The van der Waals surface area contributed by atoms with Crippen LogP contribution in [0, 0.1) is 0 Å². The van der Waals surface area contributed by atoms with Gasteiger partial charge >= 0.3 is 0 Å². The number of aromatic nitrogens is 2. The van der Waals surface area contributed by atoms with Gasteiger partial charge in [0.1, 0.15) is 5.75 Å². The number of halogens is 1. The highest BCUT2D eigenvalue weighted by atomic mass is 79.9. The lowest BCUT2D eigenvalue weighted by atomic mass is 10.00. The maximum Gasteiger partial charge on any atom is 0.231 e. The highest BCUT2D eigenvalue weighted by Gasteiger charge is 2.21. The van der Waals surface area contributed by atoms with Crippen LogP contribution in [0.3, 0.4) is 0 Å². The van der Waals surface area contributed by atoms with Crippen LogP contribution in [0.5, 0.6) is 5.75 Å². The Bertz CT molecular complexity index is 594. The number of benzene rings is 1. The van der Waals surface area contributed by atoms with Gasteiger partial charge in [-0.25, -0.2) is 0 Å². The summed E-state index contributed by atoms with van der Waals surface area (Å²) in [6.07, 6.45) is 2.25. The normalized spacial score (nSPS) is 19.0. The molecule has 1 aliphatic heterocycles. The van der Waals surface area contributed by atoms with Gasteiger partial charge in [-0.15, -0.1) is 0 Å². The molecule has 0 saturated carbocycles. The van der Waals surface area contributed by atoms with Crippen molar-refractivity contribution in [1.82, 2.24) is 15.5 Å². The van der Waals surface area contributed by atoms with Crippen molar-refractivity contribution in [2.75, 3.05) is 20.2 Å². The summed E-state index contributed by atoms with van der Waals surface area (Å²) in [5.41, 5.74) is 0.913. The van der Waals surface area contributed by atoms with Gasteiger partial charge in [0.05, 0.1) is 17.5 Å². The average Bonchev–Trinajstić information content (AvgIpc) is 2.98. The average molecular weight is 338 g/mol. The Hall–Kier alpha value is -1.40. The standard InChI is InChI=1S/C14H16BrN3O2/c1-19-12-5-4-9(7-11(12)15)13-17-14(20-18-13)10-3-2-6-16-8-10/h4-5,7,10,16H,2-3,6,8H2,1H3/t10-/m1/s1. The minimum absolute atomic E-state index is 0.326. The number of piperidine rings is 1. The number of nitrogens with one attached hydrogen (secondary N) is 1. The molecule has 2 heterocycles. The van der Waals surface area contributed by atoms with E-state index in [0.717, 1.165) is 47.6 Å². The molecule has 5 nitrogen and oxygen atoms in total. The molecule has 3 rings (SSSR count). The maximum absolute atomic E-state index is 5.41. The van der Waals surface area contributed by atoms with E-state index in [4.69, 9.17) is 9.26 Å². The maximum atomic E-state index is 5.41. The lowest BCUT2D eigenvalue weighted by Crippen LogP contribution is -2.28. The molecule has 0 aliphatic carbocycles. The van der Waals surface area contributed by atoms with E-state index >= 15 is 0 Å². The van der Waals surface area contributed by atoms with Crippen molar-refractivity contribution in [1.29, 1.82) is 0 Å². The molecule has 0 radical (unpaired) electrons. The van der Waals surface area contributed by atoms with Gasteiger partial charge in [0.25, 0.3) is 0 Å². The zero-order valence-electron chi connectivity index (χ0n) is 11.2. The van der Waals surface area contributed by atoms with Gasteiger partial charge in [0.2, 0.25) is 11.7 Å². The van der Waals surface area contributed by atoms with Crippen LogP contribution >= 0.6 is 15.9 Å². The topological polar surface area (TPSA) is 60.2 Å². The third kappa shape index (κ3) is 2.71. The second kappa shape index (κ2) is 5.93. The Morgan fingerprint density at radius 1 is 1.45 bits per heavy atom. The molecule has 20 heavy (non-hydrogen) atoms. The lowest BCUT2D eigenvalue weighted by Gasteiger charge is -2.18. The van der Waals surface area contributed by atoms with Crippen molar-refractivity contribution in [3.05, 3.63) is 28.6 Å². The lowest BCUT2D eigenvalue weighted by molar-refractivity contribution is 0.322. The van der Waals surface area contributed by atoms with E-state index in [1.807, 2.05) is 18.2 Å². The second-order valence-electron chi connectivity index (χ2n) is 4.85. The molecule has 2 aromatic rings. The van der Waals surface area contributed by atoms with Gasteiger partial charge < -0.3 is 14.6 Å². The molecule has 1 aliphatic rings. The van der Waals surface area contributed by atoms with E-state index in [1.165, 1.54) is 0 Å². The van der Waals surface area contributed by atoms with E-state index in [2.05, 4.69) is 31.4 Å². The highest BCUT2D eigenvalue weighted by Crippen LogP contribution is 2.30. The van der Waals surface area contributed by atoms with Gasteiger partial charge in [-0.2, -0.15) is 4.98 Å². The molecule has 1 aromatic heterocycles. The minimum atomic E-state index is 0.326. The molecule has 6 heteroatoms. The van der Waals surface area contributed by atoms with Crippen LogP contribution in [-0.4, -0.2) is 30.3 Å². The monoisotopic (exact) mass is 337 g/mol. The van der Waals surface area contributed by atoms with E-state index in [9.17, 15) is 0 Å². The van der Waals surface area contributed by atoms with Crippen molar-refractivity contribution in [2.45, 2.75) is 18.8 Å². The molecule has 1 saturated heterocycles. The van der Waals surface area contributed by atoms with Crippen LogP contribution in [0.25, 0.3) is 11.4 Å². The van der Waals surface area contributed by atoms with Gasteiger partial charge in [0.15, 0.2) is 0 Å². The second-order valence-corrected chi connectivity index (χ2v) is 5.70. The summed E-state index contributed by atoms with van der Waals surface area (Å²) < 4.78 is 11.5. The summed E-state index contributed by atoms with van der Waals surface area (Å²) in [6.45, 7) is 1.98. The highest BCUT2D eigenvalue weighted by molar-refractivity contribution is 9.10. The number of ether oxygens (including phenoxy) is 1. The number of rotatable bonds is 3. The molecular formula is C14H16BrN3O2. The molecule has 1 atom stereocenters. The fourth-order valence-corrected chi connectivity index (χ4v) is 2.93. The zero-order chi connectivity index (χ0) is 13.9. The van der Waals surface area contributed by atoms with Crippen molar-refractivity contribution < 1.29 is 9.26 Å². The predicted octanol–water partition coefficient (Wildman–Crippen LogP) is 2.97. The number of hydrogen-bond donors (Lipinski definition) is 1. The van der Waals surface area contributed by atoms with E-state index < -0.39 is 0 Å². The molecule has 0 bridgehead atoms. The van der Waals surface area contributed by atoms with Gasteiger partial charge in [-0.05, 0) is 53.5 Å². The quantitative estimate of drug-likeness (QED) is 0.932. The molecule has 0 amide bonds. The Kier molecular flexibility index (Phi) is 4.03. The summed E-state index contributed by atoms with van der Waals surface area (Å²) in [4.78, 5) is 4.52. The summed E-state index contributed by atoms with van der Waals surface area (Å²) >= 11 is 3.47. The van der Waals surface area contributed by atoms with Crippen LogP contribution in [0.4, 0.5) is 0 Å². The summed E-state index contributed by atoms with van der Waals surface area (Å²) in [6, 6.07) is 5.75. The molecule has 1 fully saturated rings. The van der Waals surface area contributed by atoms with Crippen molar-refractivity contribution >= 4 is 15.9 Å². The summed E-state index contributed by atoms with van der Waals surface area (Å²) in [5, 5.41) is 7.44. The Labute approximate surface area is 125 Å². The van der Waals surface area contributed by atoms with Crippen LogP contribution < -0.4 is 10.1 Å². The third-order valence-corrected chi connectivity index (χ3v) is 4.12. The summed E-state index contributed by atoms with van der Waals surface area (Å²) in [5.74, 6) is 2.45. The fraction of sp³-hybridized carbons (Fsp3) is 0.429. The third-order valence-electron chi connectivity index (χ3n) is 3.50. The van der Waals surface area contributed by atoms with Crippen molar-refractivity contribution in [2.24, 2.45) is 0 Å². The molecule has 0 spiro atoms. The first kappa shape index (κ1) is 13.6. The van der Waals surface area contributed by atoms with E-state index in [1.54, 1.807) is 7.11 Å².